The van der Waals surface area contributed by atoms with E-state index in [0.29, 0.717) is 11.6 Å². The van der Waals surface area contributed by atoms with Crippen molar-refractivity contribution in [3.63, 3.8) is 0 Å². The molecule has 0 saturated carbocycles. The van der Waals surface area contributed by atoms with Crippen LogP contribution in [0.4, 0.5) is 5.69 Å². The van der Waals surface area contributed by atoms with Gasteiger partial charge < -0.3 is 5.32 Å². The van der Waals surface area contributed by atoms with Crippen LogP contribution in [0, 0.1) is 0 Å². The number of amides is 1. The first-order chi connectivity index (χ1) is 9.61. The molecule has 1 amide bonds. The third-order valence-electron chi connectivity index (χ3n) is 3.16. The molecule has 0 saturated heterocycles. The lowest BCUT2D eigenvalue weighted by molar-refractivity contribution is 0.102. The summed E-state index contributed by atoms with van der Waals surface area (Å²) in [7, 11) is 0. The maximum absolute atomic E-state index is 12.1. The first-order valence-electron chi connectivity index (χ1n) is 6.84. The summed E-state index contributed by atoms with van der Waals surface area (Å²) in [5.41, 5.74) is 3.15. The topological polar surface area (TPSA) is 54.9 Å². The monoisotopic (exact) mass is 269 g/mol. The molecule has 0 atom stereocenters. The van der Waals surface area contributed by atoms with E-state index >= 15 is 0 Å². The molecule has 2 rings (SSSR count). The Labute approximate surface area is 119 Å². The van der Waals surface area contributed by atoms with Crippen molar-refractivity contribution in [2.45, 2.75) is 33.1 Å². The van der Waals surface area contributed by atoms with Crippen LogP contribution in [0.1, 0.15) is 48.4 Å². The van der Waals surface area contributed by atoms with E-state index in [1.54, 1.807) is 6.07 Å². The van der Waals surface area contributed by atoms with Crippen molar-refractivity contribution < 1.29 is 4.79 Å². The highest BCUT2D eigenvalue weighted by atomic mass is 16.1. The predicted molar refractivity (Wildman–Crippen MR) is 79.9 cm³/mol. The van der Waals surface area contributed by atoms with E-state index in [4.69, 9.17) is 0 Å². The van der Waals surface area contributed by atoms with E-state index in [9.17, 15) is 4.79 Å². The van der Waals surface area contributed by atoms with E-state index in [1.807, 2.05) is 44.2 Å². The van der Waals surface area contributed by atoms with Crippen LogP contribution < -0.4 is 5.32 Å². The number of para-hydroxylation sites is 1. The average Bonchev–Trinajstić information content (AvgIpc) is 2.48. The van der Waals surface area contributed by atoms with Crippen LogP contribution in [-0.2, 0) is 6.42 Å². The first-order valence-corrected chi connectivity index (χ1v) is 6.84. The third-order valence-corrected chi connectivity index (χ3v) is 3.16. The van der Waals surface area contributed by atoms with Crippen LogP contribution in [0.15, 0.2) is 36.4 Å². The average molecular weight is 269 g/mol. The molecule has 0 unspecified atom stereocenters. The van der Waals surface area contributed by atoms with Gasteiger partial charge in [0.2, 0.25) is 0 Å². The summed E-state index contributed by atoms with van der Waals surface area (Å²) in [4.78, 5) is 12.1. The number of nitrogens with one attached hydrogen (secondary N) is 1. The summed E-state index contributed by atoms with van der Waals surface area (Å²) in [5, 5.41) is 10.9. The summed E-state index contributed by atoms with van der Waals surface area (Å²) in [6.45, 7) is 6.14. The molecule has 0 aliphatic rings. The van der Waals surface area contributed by atoms with Crippen molar-refractivity contribution in [2.75, 3.05) is 5.32 Å². The highest BCUT2D eigenvalue weighted by Gasteiger charge is 2.11. The van der Waals surface area contributed by atoms with Crippen molar-refractivity contribution in [1.29, 1.82) is 0 Å². The largest absolute Gasteiger partial charge is 0.320 e. The fourth-order valence-corrected chi connectivity index (χ4v) is 1.91. The molecular weight excluding hydrogens is 250 g/mol. The maximum atomic E-state index is 12.1. The van der Waals surface area contributed by atoms with E-state index in [1.165, 1.54) is 0 Å². The molecule has 1 aromatic heterocycles. The Morgan fingerprint density at radius 1 is 1.15 bits per heavy atom. The summed E-state index contributed by atoms with van der Waals surface area (Å²) < 4.78 is 0. The van der Waals surface area contributed by atoms with Crippen LogP contribution in [0.2, 0.25) is 0 Å². The zero-order valence-corrected chi connectivity index (χ0v) is 12.1. The molecule has 0 bridgehead atoms. The number of aryl methyl sites for hydroxylation is 1. The number of aromatic nitrogens is 2. The van der Waals surface area contributed by atoms with Gasteiger partial charge in [-0.05, 0) is 36.1 Å². The molecule has 20 heavy (non-hydrogen) atoms. The van der Waals surface area contributed by atoms with Gasteiger partial charge in [-0.15, -0.1) is 5.10 Å². The van der Waals surface area contributed by atoms with E-state index < -0.39 is 0 Å². The van der Waals surface area contributed by atoms with Gasteiger partial charge in [-0.25, -0.2) is 0 Å². The van der Waals surface area contributed by atoms with Crippen LogP contribution in [0.25, 0.3) is 0 Å². The minimum Gasteiger partial charge on any atom is -0.320 e. The number of carbonyl (C=O) groups is 1. The zero-order valence-electron chi connectivity index (χ0n) is 12.1. The van der Waals surface area contributed by atoms with Crippen molar-refractivity contribution in [2.24, 2.45) is 0 Å². The van der Waals surface area contributed by atoms with Gasteiger partial charge in [0.25, 0.3) is 5.91 Å². The summed E-state index contributed by atoms with van der Waals surface area (Å²) >= 11 is 0. The van der Waals surface area contributed by atoms with Gasteiger partial charge in [0.05, 0.1) is 5.69 Å². The van der Waals surface area contributed by atoms with Gasteiger partial charge in [0.15, 0.2) is 5.69 Å². The van der Waals surface area contributed by atoms with Gasteiger partial charge in [-0.1, -0.05) is 39.0 Å². The maximum Gasteiger partial charge on any atom is 0.276 e. The normalized spacial score (nSPS) is 10.6. The van der Waals surface area contributed by atoms with Crippen molar-refractivity contribution in [3.05, 3.63) is 53.3 Å². The summed E-state index contributed by atoms with van der Waals surface area (Å²) in [6.07, 6.45) is 0.869. The SMILES string of the molecule is CCc1ccccc1NC(=O)c1ccc(C(C)C)nn1. The summed E-state index contributed by atoms with van der Waals surface area (Å²) in [5.74, 6) is 0.0779. The Hall–Kier alpha value is -2.23. The zero-order chi connectivity index (χ0) is 14.5. The minimum absolute atomic E-state index is 0.228. The molecule has 4 nitrogen and oxygen atoms in total. The molecule has 0 fully saturated rings. The second-order valence-corrected chi connectivity index (χ2v) is 4.96. The van der Waals surface area contributed by atoms with Gasteiger partial charge in [-0.3, -0.25) is 4.79 Å². The van der Waals surface area contributed by atoms with Crippen LogP contribution in [-0.4, -0.2) is 16.1 Å². The van der Waals surface area contributed by atoms with Crippen LogP contribution in [0.3, 0.4) is 0 Å². The lowest BCUT2D eigenvalue weighted by Crippen LogP contribution is -2.15. The molecule has 0 radical (unpaired) electrons. The van der Waals surface area contributed by atoms with E-state index in [-0.39, 0.29) is 5.91 Å². The fourth-order valence-electron chi connectivity index (χ4n) is 1.91. The smallest absolute Gasteiger partial charge is 0.276 e. The number of benzene rings is 1. The fraction of sp³-hybridized carbons (Fsp3) is 0.312. The molecule has 0 aliphatic heterocycles. The molecule has 1 heterocycles. The molecule has 4 heteroatoms. The number of hydrogen-bond donors (Lipinski definition) is 1. The lowest BCUT2D eigenvalue weighted by atomic mass is 10.1. The van der Waals surface area contributed by atoms with Gasteiger partial charge in [-0.2, -0.15) is 5.10 Å². The number of rotatable bonds is 4. The number of carbonyl (C=O) groups excluding carboxylic acids is 1. The number of hydrogen-bond acceptors (Lipinski definition) is 3. The Balaban J connectivity index is 2.15. The number of anilines is 1. The van der Waals surface area contributed by atoms with Crippen molar-refractivity contribution in [3.8, 4) is 0 Å². The van der Waals surface area contributed by atoms with Crippen LogP contribution in [0.5, 0.6) is 0 Å². The van der Waals surface area contributed by atoms with Crippen molar-refractivity contribution in [1.82, 2.24) is 10.2 Å². The molecule has 0 spiro atoms. The highest BCUT2D eigenvalue weighted by molar-refractivity contribution is 6.03. The number of nitrogens with zero attached hydrogens (tertiary/aromatic N) is 2. The van der Waals surface area contributed by atoms with E-state index in [2.05, 4.69) is 22.4 Å². The Morgan fingerprint density at radius 3 is 2.50 bits per heavy atom. The van der Waals surface area contributed by atoms with Gasteiger partial charge in [0.1, 0.15) is 0 Å². The predicted octanol–water partition coefficient (Wildman–Crippen LogP) is 3.41. The van der Waals surface area contributed by atoms with Crippen molar-refractivity contribution >= 4 is 11.6 Å². The third kappa shape index (κ3) is 3.20. The Kier molecular flexibility index (Phi) is 4.45. The standard InChI is InChI=1S/C16H19N3O/c1-4-12-7-5-6-8-14(12)17-16(20)15-10-9-13(11(2)3)18-19-15/h5-11H,4H2,1-3H3,(H,17,20). The second kappa shape index (κ2) is 6.28. The minimum atomic E-state index is -0.228. The lowest BCUT2D eigenvalue weighted by Gasteiger charge is -2.09. The molecular formula is C16H19N3O. The van der Waals surface area contributed by atoms with Gasteiger partial charge >= 0.3 is 0 Å². The second-order valence-electron chi connectivity index (χ2n) is 4.96. The summed E-state index contributed by atoms with van der Waals surface area (Å²) in [6, 6.07) is 11.3. The molecule has 1 aromatic carbocycles. The van der Waals surface area contributed by atoms with Gasteiger partial charge in [0, 0.05) is 5.69 Å². The van der Waals surface area contributed by atoms with E-state index in [0.717, 1.165) is 23.4 Å². The molecule has 0 aliphatic carbocycles. The highest BCUT2D eigenvalue weighted by Crippen LogP contribution is 2.16. The molecule has 1 N–H and O–H groups in total. The molecule has 104 valence electrons. The first kappa shape index (κ1) is 14.2. The molecule has 2 aromatic rings. The quantitative estimate of drug-likeness (QED) is 0.925. The van der Waals surface area contributed by atoms with Crippen LogP contribution >= 0.6 is 0 Å². The Morgan fingerprint density at radius 2 is 1.90 bits per heavy atom. The Bertz CT molecular complexity index is 591.